The van der Waals surface area contributed by atoms with Gasteiger partial charge in [0, 0.05) is 0 Å². The number of carbonyl (C=O) groups excluding carboxylic acids is 1. The maximum atomic E-state index is 11.1. The average molecular weight is 326 g/mol. The minimum absolute atomic E-state index is 0.204. The van der Waals surface area contributed by atoms with E-state index >= 15 is 0 Å². The van der Waals surface area contributed by atoms with Crippen LogP contribution >= 0.6 is 0 Å². The van der Waals surface area contributed by atoms with Crippen molar-refractivity contribution >= 4 is 18.6 Å². The van der Waals surface area contributed by atoms with Gasteiger partial charge in [-0.2, -0.15) is 0 Å². The lowest BCUT2D eigenvalue weighted by atomic mass is 9.80. The highest BCUT2D eigenvalue weighted by Crippen LogP contribution is 2.19. The third kappa shape index (κ3) is 8.71. The summed E-state index contributed by atoms with van der Waals surface area (Å²) in [6, 6.07) is 6.48. The van der Waals surface area contributed by atoms with Crippen LogP contribution in [0.3, 0.4) is 0 Å². The normalized spacial score (nSPS) is 11.3. The molecule has 0 fully saturated rings. The summed E-state index contributed by atoms with van der Waals surface area (Å²) in [6.45, 7) is 8.43. The smallest absolute Gasteiger partial charge is 0.466 e. The summed E-state index contributed by atoms with van der Waals surface area (Å²) in [6.07, 6.45) is 0.204. The van der Waals surface area contributed by atoms with Crippen molar-refractivity contribution in [3.05, 3.63) is 29.8 Å². The zero-order chi connectivity index (χ0) is 18.3. The van der Waals surface area contributed by atoms with E-state index in [4.69, 9.17) is 25.0 Å². The summed E-state index contributed by atoms with van der Waals surface area (Å²) in [4.78, 5) is 11.1. The Labute approximate surface area is 137 Å². The van der Waals surface area contributed by atoms with Crippen molar-refractivity contribution in [2.24, 2.45) is 0 Å². The summed E-state index contributed by atoms with van der Waals surface area (Å²) in [5, 5.41) is 35.9. The maximum absolute atomic E-state index is 11.1. The third-order valence-corrected chi connectivity index (χ3v) is 3.43. The first-order chi connectivity index (χ1) is 10.4. The van der Waals surface area contributed by atoms with Gasteiger partial charge in [-0.05, 0) is 45.6 Å². The number of hydrogen-bond acceptors (Lipinski definition) is 6. The fourth-order valence-electron chi connectivity index (χ4n) is 1.19. The van der Waals surface area contributed by atoms with Crippen LogP contribution in [0.2, 0.25) is 0 Å². The molecule has 0 spiro atoms. The summed E-state index contributed by atoms with van der Waals surface area (Å²) >= 11 is 0. The van der Waals surface area contributed by atoms with Gasteiger partial charge in [0.15, 0.2) is 0 Å². The minimum Gasteiger partial charge on any atom is -0.466 e. The van der Waals surface area contributed by atoms with Crippen LogP contribution < -0.4 is 5.46 Å². The maximum Gasteiger partial charge on any atom is 0.488 e. The Kier molecular flexibility index (Phi) is 8.48. The van der Waals surface area contributed by atoms with E-state index in [0.717, 1.165) is 5.56 Å². The Morgan fingerprint density at radius 2 is 1.48 bits per heavy atom. The molecule has 0 saturated carbocycles. The number of hydrogen-bond donors (Lipinski definition) is 4. The predicted molar refractivity (Wildman–Crippen MR) is 89.2 cm³/mol. The molecule has 0 bridgehead atoms. The van der Waals surface area contributed by atoms with Gasteiger partial charge in [0.25, 0.3) is 0 Å². The van der Waals surface area contributed by atoms with Gasteiger partial charge in [-0.25, -0.2) is 0 Å². The van der Waals surface area contributed by atoms with Gasteiger partial charge in [-0.15, -0.1) is 0 Å². The summed E-state index contributed by atoms with van der Waals surface area (Å²) in [5.41, 5.74) is -0.819. The fraction of sp³-hybridized carbons (Fsp3) is 0.562. The predicted octanol–water partition coefficient (Wildman–Crippen LogP) is 0.000200. The summed E-state index contributed by atoms with van der Waals surface area (Å²) in [7, 11) is -1.47. The van der Waals surface area contributed by atoms with Crippen molar-refractivity contribution in [2.45, 2.75) is 52.2 Å². The van der Waals surface area contributed by atoms with E-state index in [2.05, 4.69) is 0 Å². The molecular weight excluding hydrogens is 299 g/mol. The van der Waals surface area contributed by atoms with Crippen LogP contribution in [0, 0.1) is 0 Å². The van der Waals surface area contributed by atoms with Gasteiger partial charge in [-0.1, -0.05) is 24.3 Å². The molecule has 0 aromatic heterocycles. The highest BCUT2D eigenvalue weighted by Gasteiger charge is 2.31. The van der Waals surface area contributed by atoms with Crippen LogP contribution in [0.25, 0.3) is 0 Å². The lowest BCUT2D eigenvalue weighted by Gasteiger charge is -2.31. The van der Waals surface area contributed by atoms with E-state index in [1.54, 1.807) is 58.9 Å². The van der Waals surface area contributed by atoms with Crippen LogP contribution in [0.4, 0.5) is 0 Å². The van der Waals surface area contributed by atoms with Crippen LogP contribution in [0.1, 0.15) is 40.2 Å². The van der Waals surface area contributed by atoms with Gasteiger partial charge in [0.1, 0.15) is 0 Å². The molecule has 130 valence electrons. The second-order valence-electron chi connectivity index (χ2n) is 6.22. The largest absolute Gasteiger partial charge is 0.488 e. The van der Waals surface area contributed by atoms with E-state index < -0.39 is 18.3 Å². The molecule has 0 saturated heterocycles. The van der Waals surface area contributed by atoms with E-state index in [1.807, 2.05) is 0 Å². The molecule has 0 atom stereocenters. The summed E-state index contributed by atoms with van der Waals surface area (Å²) in [5.74, 6) is -0.283. The standard InChI is InChI=1S/C10H13BO4.C6H14O2/c1-2-15-10(12)7-8-3-5-9(6-4-8)11(13)14;1-5(2,7)6(3,4)8/h3-6,13-14H,2,7H2,1H3;7-8H,1-4H3. The van der Waals surface area contributed by atoms with E-state index in [9.17, 15) is 4.79 Å². The van der Waals surface area contributed by atoms with E-state index in [0.29, 0.717) is 12.1 Å². The van der Waals surface area contributed by atoms with Crippen LogP contribution in [-0.4, -0.2) is 51.2 Å². The lowest BCUT2D eigenvalue weighted by molar-refractivity contribution is -0.142. The van der Waals surface area contributed by atoms with Crippen molar-refractivity contribution in [3.63, 3.8) is 0 Å². The first-order valence-corrected chi connectivity index (χ1v) is 7.43. The Morgan fingerprint density at radius 3 is 1.78 bits per heavy atom. The first kappa shape index (κ1) is 21.6. The molecule has 0 aliphatic rings. The molecule has 0 aliphatic carbocycles. The van der Waals surface area contributed by atoms with Gasteiger partial charge in [0.2, 0.25) is 0 Å². The SMILES string of the molecule is CC(C)(O)C(C)(C)O.CCOC(=O)Cc1ccc(B(O)O)cc1. The van der Waals surface area contributed by atoms with Crippen LogP contribution in [-0.2, 0) is 16.0 Å². The Morgan fingerprint density at radius 1 is 1.04 bits per heavy atom. The molecule has 6 nitrogen and oxygen atoms in total. The van der Waals surface area contributed by atoms with Crippen LogP contribution in [0.5, 0.6) is 0 Å². The molecule has 1 aromatic carbocycles. The lowest BCUT2D eigenvalue weighted by Crippen LogP contribution is -2.44. The first-order valence-electron chi connectivity index (χ1n) is 7.43. The highest BCUT2D eigenvalue weighted by molar-refractivity contribution is 6.58. The minimum atomic E-state index is -1.47. The molecule has 0 heterocycles. The molecule has 7 heteroatoms. The molecule has 1 aromatic rings. The quantitative estimate of drug-likeness (QED) is 0.448. The molecular formula is C16H27BO6. The molecule has 0 radical (unpaired) electrons. The Bertz CT molecular complexity index is 459. The molecule has 0 amide bonds. The molecule has 23 heavy (non-hydrogen) atoms. The molecule has 1 rings (SSSR count). The molecule has 4 N–H and O–H groups in total. The molecule has 0 unspecified atom stereocenters. The number of benzene rings is 1. The van der Waals surface area contributed by atoms with Crippen molar-refractivity contribution in [1.29, 1.82) is 0 Å². The Hall–Kier alpha value is -1.41. The van der Waals surface area contributed by atoms with Gasteiger partial charge in [-0.3, -0.25) is 4.79 Å². The highest BCUT2D eigenvalue weighted by atomic mass is 16.5. The second kappa shape index (κ2) is 9.03. The van der Waals surface area contributed by atoms with Crippen LogP contribution in [0.15, 0.2) is 24.3 Å². The van der Waals surface area contributed by atoms with E-state index in [-0.39, 0.29) is 12.4 Å². The zero-order valence-electron chi connectivity index (χ0n) is 14.4. The van der Waals surface area contributed by atoms with Crippen molar-refractivity contribution in [2.75, 3.05) is 6.61 Å². The number of esters is 1. The van der Waals surface area contributed by atoms with Crippen molar-refractivity contribution in [3.8, 4) is 0 Å². The zero-order valence-corrected chi connectivity index (χ0v) is 14.4. The van der Waals surface area contributed by atoms with Crippen molar-refractivity contribution in [1.82, 2.24) is 0 Å². The topological polar surface area (TPSA) is 107 Å². The number of ether oxygens (including phenoxy) is 1. The Balaban J connectivity index is 0.000000515. The summed E-state index contributed by atoms with van der Waals surface area (Å²) < 4.78 is 4.79. The van der Waals surface area contributed by atoms with Gasteiger partial charge >= 0.3 is 13.1 Å². The molecule has 0 aliphatic heterocycles. The monoisotopic (exact) mass is 326 g/mol. The fourth-order valence-corrected chi connectivity index (χ4v) is 1.19. The third-order valence-electron chi connectivity index (χ3n) is 3.43. The number of rotatable bonds is 5. The second-order valence-corrected chi connectivity index (χ2v) is 6.22. The average Bonchev–Trinajstić information content (AvgIpc) is 2.37. The number of aliphatic hydroxyl groups is 2. The van der Waals surface area contributed by atoms with E-state index in [1.165, 1.54) is 0 Å². The van der Waals surface area contributed by atoms with Crippen molar-refractivity contribution < 1.29 is 29.8 Å². The number of carbonyl (C=O) groups is 1. The van der Waals surface area contributed by atoms with Gasteiger partial charge < -0.3 is 25.0 Å². The van der Waals surface area contributed by atoms with Gasteiger partial charge in [0.05, 0.1) is 24.2 Å².